The van der Waals surface area contributed by atoms with Crippen molar-refractivity contribution >= 4 is 0 Å². The van der Waals surface area contributed by atoms with Gasteiger partial charge in [-0.1, -0.05) is 6.07 Å². The molecule has 1 aliphatic heterocycles. The highest BCUT2D eigenvalue weighted by atomic mass is 19.1. The third kappa shape index (κ3) is 2.04. The molecule has 0 spiro atoms. The number of rotatable bonds is 1. The molecule has 0 amide bonds. The summed E-state index contributed by atoms with van der Waals surface area (Å²) in [5, 5.41) is 21.4. The Bertz CT molecular complexity index is 661. The van der Waals surface area contributed by atoms with E-state index in [4.69, 9.17) is 0 Å². The van der Waals surface area contributed by atoms with Crippen LogP contribution in [0, 0.1) is 34.3 Å². The quantitative estimate of drug-likeness (QED) is 0.853. The van der Waals surface area contributed by atoms with E-state index in [0.717, 1.165) is 12.1 Å². The van der Waals surface area contributed by atoms with Crippen LogP contribution in [0.2, 0.25) is 0 Å². The zero-order chi connectivity index (χ0) is 14.9. The van der Waals surface area contributed by atoms with Gasteiger partial charge in [0.05, 0.1) is 29.2 Å². The molecular formula is C15H11F2N3. The van der Waals surface area contributed by atoms with Gasteiger partial charge in [0.1, 0.15) is 11.6 Å². The van der Waals surface area contributed by atoms with Crippen LogP contribution in [0.5, 0.6) is 0 Å². The minimum Gasteiger partial charge on any atom is -0.361 e. The topological polar surface area (TPSA) is 59.6 Å². The van der Waals surface area contributed by atoms with Gasteiger partial charge in [-0.05, 0) is 26.0 Å². The Morgan fingerprint density at radius 1 is 1.00 bits per heavy atom. The van der Waals surface area contributed by atoms with Gasteiger partial charge >= 0.3 is 0 Å². The minimum absolute atomic E-state index is 0.149. The smallest absolute Gasteiger partial charge is 0.130 e. The summed E-state index contributed by atoms with van der Waals surface area (Å²) in [6.07, 6.45) is 0. The molecule has 1 aliphatic rings. The number of hydrogen-bond donors (Lipinski definition) is 1. The van der Waals surface area contributed by atoms with E-state index in [1.54, 1.807) is 13.8 Å². The lowest BCUT2D eigenvalue weighted by Crippen LogP contribution is -2.24. The lowest BCUT2D eigenvalue weighted by atomic mass is 9.81. The van der Waals surface area contributed by atoms with Crippen molar-refractivity contribution in [3.8, 4) is 12.1 Å². The zero-order valence-electron chi connectivity index (χ0n) is 11.0. The molecule has 0 radical (unpaired) electrons. The van der Waals surface area contributed by atoms with Crippen LogP contribution < -0.4 is 5.32 Å². The number of nitriles is 2. The fraction of sp³-hybridized carbons (Fsp3) is 0.200. The van der Waals surface area contributed by atoms with Gasteiger partial charge in [0, 0.05) is 17.0 Å². The van der Waals surface area contributed by atoms with Gasteiger partial charge in [0.25, 0.3) is 0 Å². The first kappa shape index (κ1) is 13.8. The highest BCUT2D eigenvalue weighted by molar-refractivity contribution is 5.55. The Morgan fingerprint density at radius 3 is 1.85 bits per heavy atom. The molecule has 1 aromatic rings. The van der Waals surface area contributed by atoms with Crippen molar-refractivity contribution in [2.24, 2.45) is 0 Å². The molecular weight excluding hydrogens is 260 g/mol. The minimum atomic E-state index is -1.01. The highest BCUT2D eigenvalue weighted by Crippen LogP contribution is 2.39. The molecule has 0 unspecified atom stereocenters. The third-order valence-electron chi connectivity index (χ3n) is 3.29. The molecule has 0 fully saturated rings. The average molecular weight is 271 g/mol. The van der Waals surface area contributed by atoms with Gasteiger partial charge in [0.15, 0.2) is 0 Å². The monoisotopic (exact) mass is 271 g/mol. The largest absolute Gasteiger partial charge is 0.361 e. The van der Waals surface area contributed by atoms with Gasteiger partial charge in [-0.2, -0.15) is 10.5 Å². The number of halogens is 2. The molecule has 3 nitrogen and oxygen atoms in total. The second-order valence-electron chi connectivity index (χ2n) is 4.49. The number of nitrogens with one attached hydrogen (secondary N) is 1. The molecule has 0 bridgehead atoms. The maximum Gasteiger partial charge on any atom is 0.130 e. The van der Waals surface area contributed by atoms with Gasteiger partial charge < -0.3 is 5.32 Å². The number of dihydropyridines is 1. The summed E-state index contributed by atoms with van der Waals surface area (Å²) in [6.45, 7) is 3.28. The molecule has 0 saturated heterocycles. The molecule has 20 heavy (non-hydrogen) atoms. The second kappa shape index (κ2) is 5.14. The molecule has 0 aromatic heterocycles. The molecule has 0 atom stereocenters. The van der Waals surface area contributed by atoms with Crippen LogP contribution in [0.25, 0.3) is 0 Å². The summed E-state index contributed by atoms with van der Waals surface area (Å²) in [7, 11) is 0. The van der Waals surface area contributed by atoms with Crippen molar-refractivity contribution in [3.63, 3.8) is 0 Å². The summed E-state index contributed by atoms with van der Waals surface area (Å²) < 4.78 is 28.0. The van der Waals surface area contributed by atoms with E-state index in [2.05, 4.69) is 5.32 Å². The number of nitrogens with zero attached hydrogens (tertiary/aromatic N) is 2. The maximum absolute atomic E-state index is 14.0. The van der Waals surface area contributed by atoms with Gasteiger partial charge in [0.2, 0.25) is 0 Å². The molecule has 0 saturated carbocycles. The van der Waals surface area contributed by atoms with E-state index in [1.165, 1.54) is 6.07 Å². The van der Waals surface area contributed by atoms with E-state index in [1.807, 2.05) is 12.1 Å². The van der Waals surface area contributed by atoms with Crippen molar-refractivity contribution < 1.29 is 8.78 Å². The molecule has 0 aliphatic carbocycles. The first-order valence-corrected chi connectivity index (χ1v) is 5.94. The maximum atomic E-state index is 14.0. The zero-order valence-corrected chi connectivity index (χ0v) is 11.0. The van der Waals surface area contributed by atoms with E-state index in [0.29, 0.717) is 11.4 Å². The van der Waals surface area contributed by atoms with Crippen LogP contribution in [0.4, 0.5) is 8.78 Å². The van der Waals surface area contributed by atoms with E-state index in [9.17, 15) is 19.3 Å². The molecule has 5 heteroatoms. The SMILES string of the molecule is CC1=C(C#N)C(c2c(F)cccc2F)C(C#N)=C(C)N1. The standard InChI is InChI=1S/C15H11F2N3/c1-8-10(6-18)14(11(7-19)9(2)20-8)15-12(16)4-3-5-13(15)17/h3-5,14,20H,1-2H3. The molecule has 1 aromatic carbocycles. The predicted octanol–water partition coefficient (Wildman–Crippen LogP) is 3.25. The van der Waals surface area contributed by atoms with Crippen molar-refractivity contribution in [3.05, 3.63) is 57.9 Å². The molecule has 1 heterocycles. The van der Waals surface area contributed by atoms with Crippen molar-refractivity contribution in [1.29, 1.82) is 10.5 Å². The molecule has 1 N–H and O–H groups in total. The number of benzene rings is 1. The highest BCUT2D eigenvalue weighted by Gasteiger charge is 2.33. The second-order valence-corrected chi connectivity index (χ2v) is 4.49. The van der Waals surface area contributed by atoms with Crippen molar-refractivity contribution in [2.75, 3.05) is 0 Å². The van der Waals surface area contributed by atoms with E-state index < -0.39 is 17.6 Å². The third-order valence-corrected chi connectivity index (χ3v) is 3.29. The van der Waals surface area contributed by atoms with Crippen LogP contribution in [-0.4, -0.2) is 0 Å². The summed E-state index contributed by atoms with van der Waals surface area (Å²) in [5.74, 6) is -2.54. The summed E-state index contributed by atoms with van der Waals surface area (Å²) in [4.78, 5) is 0. The van der Waals surface area contributed by atoms with Gasteiger partial charge in [-0.3, -0.25) is 0 Å². The lowest BCUT2D eigenvalue weighted by molar-refractivity contribution is 0.548. The van der Waals surface area contributed by atoms with Crippen LogP contribution in [0.3, 0.4) is 0 Å². The van der Waals surface area contributed by atoms with Crippen LogP contribution in [0.1, 0.15) is 25.3 Å². The van der Waals surface area contributed by atoms with E-state index in [-0.39, 0.29) is 16.7 Å². The van der Waals surface area contributed by atoms with Gasteiger partial charge in [-0.15, -0.1) is 0 Å². The Kier molecular flexibility index (Phi) is 3.54. The number of allylic oxidation sites excluding steroid dienone is 4. The lowest BCUT2D eigenvalue weighted by Gasteiger charge is -2.26. The predicted molar refractivity (Wildman–Crippen MR) is 68.9 cm³/mol. The van der Waals surface area contributed by atoms with Crippen molar-refractivity contribution in [2.45, 2.75) is 19.8 Å². The van der Waals surface area contributed by atoms with Crippen LogP contribution >= 0.6 is 0 Å². The fourth-order valence-electron chi connectivity index (χ4n) is 2.37. The fourth-order valence-corrected chi connectivity index (χ4v) is 2.37. The van der Waals surface area contributed by atoms with Crippen molar-refractivity contribution in [1.82, 2.24) is 5.32 Å². The Balaban J connectivity index is 2.77. The summed E-state index contributed by atoms with van der Waals surface area (Å²) in [5.41, 5.74) is 1.03. The Morgan fingerprint density at radius 2 is 1.45 bits per heavy atom. The normalized spacial score (nSPS) is 15.7. The van der Waals surface area contributed by atoms with Crippen LogP contribution in [0.15, 0.2) is 40.7 Å². The summed E-state index contributed by atoms with van der Waals surface area (Å²) >= 11 is 0. The average Bonchev–Trinajstić information content (AvgIpc) is 2.38. The first-order chi connectivity index (χ1) is 9.51. The Labute approximate surface area is 115 Å². The molecule has 2 rings (SSSR count). The molecule has 100 valence electrons. The van der Waals surface area contributed by atoms with E-state index >= 15 is 0 Å². The number of hydrogen-bond acceptors (Lipinski definition) is 3. The van der Waals surface area contributed by atoms with Gasteiger partial charge in [-0.25, -0.2) is 8.78 Å². The Hall–Kier alpha value is -2.66. The summed E-state index contributed by atoms with van der Waals surface area (Å²) in [6, 6.07) is 7.37. The first-order valence-electron chi connectivity index (χ1n) is 5.94. The van der Waals surface area contributed by atoms with Crippen LogP contribution in [-0.2, 0) is 0 Å².